The van der Waals surface area contributed by atoms with Gasteiger partial charge in [0.05, 0.1) is 5.52 Å². The lowest BCUT2D eigenvalue weighted by Gasteiger charge is -2.08. The number of aromatic nitrogens is 1. The predicted molar refractivity (Wildman–Crippen MR) is 67.0 cm³/mol. The Morgan fingerprint density at radius 3 is 2.81 bits per heavy atom. The molecule has 4 heteroatoms. The Labute approximate surface area is 98.4 Å². The van der Waals surface area contributed by atoms with E-state index in [4.69, 9.17) is 17.3 Å². The van der Waals surface area contributed by atoms with E-state index in [1.807, 2.05) is 18.2 Å². The van der Waals surface area contributed by atoms with Gasteiger partial charge in [-0.05, 0) is 37.2 Å². The number of hydrogen-bond donors (Lipinski definition) is 1. The molecule has 1 aromatic heterocycles. The van der Waals surface area contributed by atoms with Crippen LogP contribution in [0.1, 0.15) is 5.56 Å². The molecular weight excluding hydrogens is 224 g/mol. The van der Waals surface area contributed by atoms with Crippen LogP contribution in [-0.4, -0.2) is 11.1 Å². The minimum absolute atomic E-state index is 0.0141. The van der Waals surface area contributed by atoms with Crippen molar-refractivity contribution in [1.29, 1.82) is 0 Å². The van der Waals surface area contributed by atoms with Gasteiger partial charge in [0.1, 0.15) is 0 Å². The number of rotatable bonds is 2. The van der Waals surface area contributed by atoms with E-state index in [1.54, 1.807) is 17.7 Å². The van der Waals surface area contributed by atoms with Crippen molar-refractivity contribution in [3.63, 3.8) is 0 Å². The first kappa shape index (κ1) is 11.2. The number of pyridine rings is 1. The fourth-order valence-corrected chi connectivity index (χ4v) is 2.04. The van der Waals surface area contributed by atoms with Crippen molar-refractivity contribution in [1.82, 2.24) is 4.57 Å². The fourth-order valence-electron chi connectivity index (χ4n) is 1.86. The van der Waals surface area contributed by atoms with E-state index in [9.17, 15) is 4.79 Å². The minimum atomic E-state index is 0.0141. The zero-order chi connectivity index (χ0) is 11.7. The Balaban J connectivity index is 2.78. The van der Waals surface area contributed by atoms with Crippen LogP contribution >= 0.6 is 11.6 Å². The first-order valence-electron chi connectivity index (χ1n) is 5.11. The van der Waals surface area contributed by atoms with Crippen LogP contribution in [0.3, 0.4) is 0 Å². The fraction of sp³-hybridized carbons (Fsp3) is 0.250. The van der Waals surface area contributed by atoms with Gasteiger partial charge in [0.25, 0.3) is 5.56 Å². The van der Waals surface area contributed by atoms with Gasteiger partial charge in [-0.3, -0.25) is 4.79 Å². The predicted octanol–water partition coefficient (Wildman–Crippen LogP) is 1.69. The molecule has 0 saturated heterocycles. The topological polar surface area (TPSA) is 48.0 Å². The zero-order valence-electron chi connectivity index (χ0n) is 9.03. The summed E-state index contributed by atoms with van der Waals surface area (Å²) in [6.07, 6.45) is 0.592. The summed E-state index contributed by atoms with van der Waals surface area (Å²) in [6.45, 7) is 0.474. The summed E-state index contributed by atoms with van der Waals surface area (Å²) in [7, 11) is 1.76. The third-order valence-electron chi connectivity index (χ3n) is 2.67. The van der Waals surface area contributed by atoms with E-state index in [1.165, 1.54) is 0 Å². The molecule has 0 aliphatic carbocycles. The van der Waals surface area contributed by atoms with Crippen molar-refractivity contribution in [2.24, 2.45) is 12.8 Å². The Morgan fingerprint density at radius 1 is 1.38 bits per heavy atom. The van der Waals surface area contributed by atoms with E-state index in [-0.39, 0.29) is 5.56 Å². The Bertz CT molecular complexity index is 589. The average Bonchev–Trinajstić information content (AvgIpc) is 2.25. The van der Waals surface area contributed by atoms with E-state index >= 15 is 0 Å². The number of aryl methyl sites for hydroxylation is 1. The third kappa shape index (κ3) is 1.84. The molecular formula is C12H13ClN2O. The highest BCUT2D eigenvalue weighted by atomic mass is 35.5. The number of benzene rings is 1. The Kier molecular flexibility index (Phi) is 2.99. The van der Waals surface area contributed by atoms with Crippen molar-refractivity contribution >= 4 is 22.5 Å². The van der Waals surface area contributed by atoms with Crippen LogP contribution in [0.25, 0.3) is 10.9 Å². The lowest BCUT2D eigenvalue weighted by molar-refractivity contribution is 0.857. The van der Waals surface area contributed by atoms with Crippen LogP contribution < -0.4 is 11.3 Å². The lowest BCUT2D eigenvalue weighted by atomic mass is 10.1. The van der Waals surface area contributed by atoms with Crippen LogP contribution in [-0.2, 0) is 13.5 Å². The minimum Gasteiger partial charge on any atom is -0.330 e. The molecule has 1 heterocycles. The molecule has 2 N–H and O–H groups in total. The van der Waals surface area contributed by atoms with E-state index in [0.717, 1.165) is 16.5 Å². The molecule has 0 fully saturated rings. The summed E-state index contributed by atoms with van der Waals surface area (Å²) in [6, 6.07) is 7.37. The smallest absolute Gasteiger partial charge is 0.254 e. The van der Waals surface area contributed by atoms with Crippen molar-refractivity contribution in [2.75, 3.05) is 6.54 Å². The van der Waals surface area contributed by atoms with Gasteiger partial charge in [-0.2, -0.15) is 0 Å². The molecule has 0 unspecified atom stereocenters. The molecule has 0 atom stereocenters. The van der Waals surface area contributed by atoms with Gasteiger partial charge in [-0.15, -0.1) is 0 Å². The summed E-state index contributed by atoms with van der Waals surface area (Å²) in [5, 5.41) is 1.64. The maximum atomic E-state index is 11.9. The molecule has 0 spiro atoms. The molecule has 2 aromatic rings. The van der Waals surface area contributed by atoms with Crippen molar-refractivity contribution in [3.8, 4) is 0 Å². The average molecular weight is 237 g/mol. The van der Waals surface area contributed by atoms with Gasteiger partial charge in [0, 0.05) is 23.0 Å². The first-order chi connectivity index (χ1) is 7.63. The van der Waals surface area contributed by atoms with Gasteiger partial charge >= 0.3 is 0 Å². The number of hydrogen-bond acceptors (Lipinski definition) is 2. The van der Waals surface area contributed by atoms with Crippen LogP contribution in [0.5, 0.6) is 0 Å². The molecule has 3 nitrogen and oxygen atoms in total. The summed E-state index contributed by atoms with van der Waals surface area (Å²) in [5.74, 6) is 0. The van der Waals surface area contributed by atoms with Gasteiger partial charge in [-0.25, -0.2) is 0 Å². The molecule has 1 aromatic carbocycles. The molecule has 0 saturated carbocycles. The molecule has 0 amide bonds. The molecule has 16 heavy (non-hydrogen) atoms. The van der Waals surface area contributed by atoms with Crippen LogP contribution in [0.15, 0.2) is 29.1 Å². The molecule has 0 radical (unpaired) electrons. The summed E-state index contributed by atoms with van der Waals surface area (Å²) in [4.78, 5) is 11.9. The van der Waals surface area contributed by atoms with Crippen LogP contribution in [0.2, 0.25) is 5.02 Å². The number of fused-ring (bicyclic) bond motifs is 1. The second-order valence-corrected chi connectivity index (χ2v) is 4.21. The van der Waals surface area contributed by atoms with Gasteiger partial charge in [-0.1, -0.05) is 11.6 Å². The monoisotopic (exact) mass is 236 g/mol. The maximum absolute atomic E-state index is 11.9. The van der Waals surface area contributed by atoms with Crippen LogP contribution in [0, 0.1) is 0 Å². The summed E-state index contributed by atoms with van der Waals surface area (Å²) < 4.78 is 1.64. The summed E-state index contributed by atoms with van der Waals surface area (Å²) in [5.41, 5.74) is 7.11. The summed E-state index contributed by atoms with van der Waals surface area (Å²) >= 11 is 5.93. The standard InChI is InChI=1S/C12H13ClN2O/c1-15-11-3-2-10(13)7-9(11)6-8(4-5-14)12(15)16/h2-3,6-7H,4-5,14H2,1H3. The van der Waals surface area contributed by atoms with E-state index in [0.29, 0.717) is 18.0 Å². The Hall–Kier alpha value is -1.32. The highest BCUT2D eigenvalue weighted by Gasteiger charge is 2.06. The molecule has 0 aliphatic heterocycles. The largest absolute Gasteiger partial charge is 0.330 e. The second kappa shape index (κ2) is 4.28. The third-order valence-corrected chi connectivity index (χ3v) is 2.91. The highest BCUT2D eigenvalue weighted by molar-refractivity contribution is 6.31. The highest BCUT2D eigenvalue weighted by Crippen LogP contribution is 2.18. The SMILES string of the molecule is Cn1c(=O)c(CCN)cc2cc(Cl)ccc21. The molecule has 84 valence electrons. The zero-order valence-corrected chi connectivity index (χ0v) is 9.79. The van der Waals surface area contributed by atoms with Crippen molar-refractivity contribution in [3.05, 3.63) is 45.2 Å². The molecule has 2 rings (SSSR count). The van der Waals surface area contributed by atoms with Gasteiger partial charge in [0.2, 0.25) is 0 Å². The van der Waals surface area contributed by atoms with Crippen LogP contribution in [0.4, 0.5) is 0 Å². The Morgan fingerprint density at radius 2 is 2.12 bits per heavy atom. The van der Waals surface area contributed by atoms with Gasteiger partial charge in [0.15, 0.2) is 0 Å². The van der Waals surface area contributed by atoms with E-state index in [2.05, 4.69) is 0 Å². The maximum Gasteiger partial charge on any atom is 0.254 e. The molecule has 0 aliphatic rings. The second-order valence-electron chi connectivity index (χ2n) is 3.78. The quantitative estimate of drug-likeness (QED) is 0.863. The normalized spacial score (nSPS) is 10.9. The van der Waals surface area contributed by atoms with E-state index < -0.39 is 0 Å². The first-order valence-corrected chi connectivity index (χ1v) is 5.49. The number of halogens is 1. The number of nitrogens with two attached hydrogens (primary N) is 1. The van der Waals surface area contributed by atoms with Crippen molar-refractivity contribution in [2.45, 2.75) is 6.42 Å². The lowest BCUT2D eigenvalue weighted by Crippen LogP contribution is -2.23. The molecule has 0 bridgehead atoms. The van der Waals surface area contributed by atoms with Gasteiger partial charge < -0.3 is 10.3 Å². The number of nitrogens with zero attached hydrogens (tertiary/aromatic N) is 1. The van der Waals surface area contributed by atoms with Crippen molar-refractivity contribution < 1.29 is 0 Å².